The Balaban J connectivity index is 2.82. The van der Waals surface area contributed by atoms with Gasteiger partial charge in [0, 0.05) is 0 Å². The van der Waals surface area contributed by atoms with Gasteiger partial charge in [-0.25, -0.2) is 4.79 Å². The van der Waals surface area contributed by atoms with Gasteiger partial charge in [0.15, 0.2) is 0 Å². The molecule has 1 aromatic rings. The molecule has 0 aliphatic rings. The van der Waals surface area contributed by atoms with Gasteiger partial charge in [0.2, 0.25) is 0 Å². The summed E-state index contributed by atoms with van der Waals surface area (Å²) in [5, 5.41) is 20.7. The number of hydrogen-bond donors (Lipinski definition) is 3. The first-order valence-electron chi connectivity index (χ1n) is 5.71. The Morgan fingerprint density at radius 3 is 2.47 bits per heavy atom. The molecule has 0 aromatic heterocycles. The van der Waals surface area contributed by atoms with Gasteiger partial charge in [0.1, 0.15) is 11.4 Å². The van der Waals surface area contributed by atoms with Gasteiger partial charge in [-0.05, 0) is 38.5 Å². The van der Waals surface area contributed by atoms with Crippen LogP contribution in [0.3, 0.4) is 0 Å². The molecule has 0 unspecified atom stereocenters. The first-order valence-corrected chi connectivity index (χ1v) is 5.71. The third-order valence-corrected chi connectivity index (χ3v) is 2.05. The van der Waals surface area contributed by atoms with E-state index < -0.39 is 17.7 Å². The Bertz CT molecular complexity index is 490. The first kappa shape index (κ1) is 14.8. The van der Waals surface area contributed by atoms with E-state index in [0.29, 0.717) is 5.56 Å². The molecule has 0 bridgehead atoms. The molecule has 0 saturated carbocycles. The number of aromatic hydroxyl groups is 1. The number of carbonyl (C=O) groups excluding carboxylic acids is 1. The second kappa shape index (κ2) is 5.60. The molecule has 0 atom stereocenters. The van der Waals surface area contributed by atoms with E-state index in [1.54, 1.807) is 20.8 Å². The molecular formula is C13H17NO5. The van der Waals surface area contributed by atoms with Gasteiger partial charge in [-0.2, -0.15) is 0 Å². The smallest absolute Gasteiger partial charge is 0.412 e. The lowest BCUT2D eigenvalue weighted by Gasteiger charge is -2.20. The van der Waals surface area contributed by atoms with Crippen LogP contribution in [0.4, 0.5) is 10.5 Å². The predicted molar refractivity (Wildman–Crippen MR) is 69.3 cm³/mol. The van der Waals surface area contributed by atoms with Gasteiger partial charge in [-0.15, -0.1) is 0 Å². The van der Waals surface area contributed by atoms with Gasteiger partial charge >= 0.3 is 12.1 Å². The molecule has 1 amide bonds. The SMILES string of the molecule is CC(C)(C)OC(=O)Nc1cc(CC(=O)O)ccc1O. The van der Waals surface area contributed by atoms with Crippen molar-refractivity contribution in [3.05, 3.63) is 23.8 Å². The lowest BCUT2D eigenvalue weighted by molar-refractivity contribution is -0.136. The standard InChI is InChI=1S/C13H17NO5/c1-13(2,3)19-12(18)14-9-6-8(7-11(16)17)4-5-10(9)15/h4-6,15H,7H2,1-3H3,(H,14,18)(H,16,17). The molecule has 19 heavy (non-hydrogen) atoms. The molecule has 0 aliphatic carbocycles. The number of aliphatic carboxylic acids is 1. The zero-order chi connectivity index (χ0) is 14.6. The fraction of sp³-hybridized carbons (Fsp3) is 0.385. The van der Waals surface area contributed by atoms with Crippen LogP contribution in [0.5, 0.6) is 5.75 Å². The summed E-state index contributed by atoms with van der Waals surface area (Å²) in [4.78, 5) is 22.2. The van der Waals surface area contributed by atoms with Crippen molar-refractivity contribution in [3.63, 3.8) is 0 Å². The fourth-order valence-electron chi connectivity index (χ4n) is 1.38. The van der Waals surface area contributed by atoms with Crippen LogP contribution < -0.4 is 5.32 Å². The van der Waals surface area contributed by atoms with Gasteiger partial charge in [-0.1, -0.05) is 6.07 Å². The Hall–Kier alpha value is -2.24. The number of anilines is 1. The molecule has 1 rings (SSSR count). The largest absolute Gasteiger partial charge is 0.506 e. The Kier molecular flexibility index (Phi) is 4.37. The quantitative estimate of drug-likeness (QED) is 0.731. The van der Waals surface area contributed by atoms with E-state index in [4.69, 9.17) is 9.84 Å². The van der Waals surface area contributed by atoms with Crippen molar-refractivity contribution in [1.29, 1.82) is 0 Å². The highest BCUT2D eigenvalue weighted by atomic mass is 16.6. The Morgan fingerprint density at radius 1 is 1.32 bits per heavy atom. The molecule has 6 heteroatoms. The summed E-state index contributed by atoms with van der Waals surface area (Å²) in [6, 6.07) is 4.20. The minimum atomic E-state index is -0.992. The van der Waals surface area contributed by atoms with Crippen molar-refractivity contribution in [2.75, 3.05) is 5.32 Å². The van der Waals surface area contributed by atoms with Crippen molar-refractivity contribution in [1.82, 2.24) is 0 Å². The number of carboxylic acid groups (broad SMARTS) is 1. The summed E-state index contributed by atoms with van der Waals surface area (Å²) in [6.45, 7) is 5.15. The second-order valence-corrected chi connectivity index (χ2v) is 5.05. The highest BCUT2D eigenvalue weighted by Gasteiger charge is 2.17. The van der Waals surface area contributed by atoms with Crippen molar-refractivity contribution in [2.45, 2.75) is 32.8 Å². The van der Waals surface area contributed by atoms with E-state index in [0.717, 1.165) is 0 Å². The van der Waals surface area contributed by atoms with E-state index in [1.165, 1.54) is 18.2 Å². The monoisotopic (exact) mass is 267 g/mol. The van der Waals surface area contributed by atoms with Crippen LogP contribution in [0.15, 0.2) is 18.2 Å². The summed E-state index contributed by atoms with van der Waals surface area (Å²) in [6.07, 6.45) is -0.904. The molecule has 3 N–H and O–H groups in total. The maximum Gasteiger partial charge on any atom is 0.412 e. The van der Waals surface area contributed by atoms with Gasteiger partial charge < -0.3 is 14.9 Å². The topological polar surface area (TPSA) is 95.9 Å². The number of carboxylic acids is 1. The zero-order valence-electron chi connectivity index (χ0n) is 11.1. The second-order valence-electron chi connectivity index (χ2n) is 5.05. The maximum atomic E-state index is 11.6. The number of ether oxygens (including phenoxy) is 1. The molecule has 0 heterocycles. The number of carbonyl (C=O) groups is 2. The molecule has 0 radical (unpaired) electrons. The molecule has 0 aliphatic heterocycles. The minimum absolute atomic E-state index is 0.119. The average Bonchev–Trinajstić information content (AvgIpc) is 2.19. The van der Waals surface area contributed by atoms with Crippen molar-refractivity contribution >= 4 is 17.7 Å². The third kappa shape index (κ3) is 5.29. The normalized spacial score (nSPS) is 10.9. The summed E-state index contributed by atoms with van der Waals surface area (Å²) in [7, 11) is 0. The third-order valence-electron chi connectivity index (χ3n) is 2.05. The Labute approximate surface area is 111 Å². The summed E-state index contributed by atoms with van der Waals surface area (Å²) in [5.74, 6) is -1.14. The van der Waals surface area contributed by atoms with Crippen LogP contribution >= 0.6 is 0 Å². The van der Waals surface area contributed by atoms with Gasteiger partial charge in [0.25, 0.3) is 0 Å². The van der Waals surface area contributed by atoms with Gasteiger partial charge in [-0.3, -0.25) is 10.1 Å². The van der Waals surface area contributed by atoms with E-state index in [1.807, 2.05) is 0 Å². The fourth-order valence-corrected chi connectivity index (χ4v) is 1.38. The molecule has 6 nitrogen and oxygen atoms in total. The number of hydrogen-bond acceptors (Lipinski definition) is 4. The van der Waals surface area contributed by atoms with Crippen LogP contribution in [0.25, 0.3) is 0 Å². The van der Waals surface area contributed by atoms with E-state index in [2.05, 4.69) is 5.32 Å². The van der Waals surface area contributed by atoms with Crippen molar-refractivity contribution in [3.8, 4) is 5.75 Å². The zero-order valence-corrected chi connectivity index (χ0v) is 11.1. The van der Waals surface area contributed by atoms with E-state index in [9.17, 15) is 14.7 Å². The molecule has 0 spiro atoms. The van der Waals surface area contributed by atoms with Crippen LogP contribution in [-0.4, -0.2) is 27.9 Å². The number of amides is 1. The number of phenolic OH excluding ortho intramolecular Hbond substituents is 1. The maximum absolute atomic E-state index is 11.6. The number of benzene rings is 1. The van der Waals surface area contributed by atoms with Gasteiger partial charge in [0.05, 0.1) is 12.1 Å². The summed E-state index contributed by atoms with van der Waals surface area (Å²) < 4.78 is 5.04. The predicted octanol–water partition coefficient (Wildman–Crippen LogP) is 2.37. The van der Waals surface area contributed by atoms with E-state index >= 15 is 0 Å². The Morgan fingerprint density at radius 2 is 1.95 bits per heavy atom. The molecule has 0 fully saturated rings. The summed E-state index contributed by atoms with van der Waals surface area (Å²) in [5.41, 5.74) is -0.0670. The van der Waals surface area contributed by atoms with E-state index in [-0.39, 0.29) is 17.9 Å². The van der Waals surface area contributed by atoms with Crippen molar-refractivity contribution in [2.24, 2.45) is 0 Å². The minimum Gasteiger partial charge on any atom is -0.506 e. The molecule has 1 aromatic carbocycles. The molecular weight excluding hydrogens is 250 g/mol. The lowest BCUT2D eigenvalue weighted by atomic mass is 10.1. The van der Waals surface area contributed by atoms with Crippen LogP contribution in [0.2, 0.25) is 0 Å². The number of nitrogens with one attached hydrogen (secondary N) is 1. The van der Waals surface area contributed by atoms with Crippen LogP contribution in [0, 0.1) is 0 Å². The first-order chi connectivity index (χ1) is 8.67. The number of phenols is 1. The summed E-state index contributed by atoms with van der Waals surface area (Å²) >= 11 is 0. The molecule has 0 saturated heterocycles. The average molecular weight is 267 g/mol. The number of rotatable bonds is 3. The highest BCUT2D eigenvalue weighted by molar-refractivity contribution is 5.87. The van der Waals surface area contributed by atoms with Crippen LogP contribution in [-0.2, 0) is 16.0 Å². The lowest BCUT2D eigenvalue weighted by Crippen LogP contribution is -2.27. The van der Waals surface area contributed by atoms with Crippen LogP contribution in [0.1, 0.15) is 26.3 Å². The van der Waals surface area contributed by atoms with Crippen molar-refractivity contribution < 1.29 is 24.5 Å². The molecule has 104 valence electrons. The highest BCUT2D eigenvalue weighted by Crippen LogP contribution is 2.25.